The molecule has 0 bridgehead atoms. The van der Waals surface area contributed by atoms with E-state index in [1.54, 1.807) is 6.92 Å². The first-order valence-corrected chi connectivity index (χ1v) is 8.53. The zero-order valence-electron chi connectivity index (χ0n) is 13.6. The molecule has 0 fully saturated rings. The summed E-state index contributed by atoms with van der Waals surface area (Å²) >= 11 is 17.4. The minimum atomic E-state index is -0.745. The SMILES string of the molecule is C=C(NC(=O)c1ccc(Cl)c(Cl)c1)[C@H](C)C(=O)Nc1ccc(F)c(Cl)c1. The molecule has 0 aliphatic carbocycles. The van der Waals surface area contributed by atoms with Crippen LogP contribution in [-0.4, -0.2) is 11.8 Å². The molecule has 0 unspecified atom stereocenters. The van der Waals surface area contributed by atoms with Crippen molar-refractivity contribution in [2.24, 2.45) is 5.92 Å². The molecule has 0 radical (unpaired) electrons. The van der Waals surface area contributed by atoms with E-state index in [0.29, 0.717) is 10.7 Å². The average molecular weight is 416 g/mol. The van der Waals surface area contributed by atoms with Crippen molar-refractivity contribution in [3.05, 3.63) is 75.1 Å². The maximum Gasteiger partial charge on any atom is 0.255 e. The van der Waals surface area contributed by atoms with Crippen molar-refractivity contribution in [2.75, 3.05) is 5.32 Å². The molecule has 1 atom stereocenters. The Morgan fingerprint density at radius 3 is 2.35 bits per heavy atom. The molecule has 26 heavy (non-hydrogen) atoms. The molecule has 4 nitrogen and oxygen atoms in total. The molecule has 8 heteroatoms. The minimum absolute atomic E-state index is 0.109. The average Bonchev–Trinajstić information content (AvgIpc) is 2.59. The van der Waals surface area contributed by atoms with Crippen LogP contribution < -0.4 is 10.6 Å². The van der Waals surface area contributed by atoms with Crippen LogP contribution in [0.5, 0.6) is 0 Å². The molecular weight excluding hydrogens is 402 g/mol. The van der Waals surface area contributed by atoms with Crippen molar-refractivity contribution < 1.29 is 14.0 Å². The Hall–Kier alpha value is -2.08. The predicted octanol–water partition coefficient (Wildman–Crippen LogP) is 5.30. The number of amides is 2. The normalized spacial score (nSPS) is 11.6. The number of anilines is 1. The number of rotatable bonds is 5. The van der Waals surface area contributed by atoms with E-state index >= 15 is 0 Å². The van der Waals surface area contributed by atoms with Gasteiger partial charge in [0.1, 0.15) is 5.82 Å². The Morgan fingerprint density at radius 1 is 1.04 bits per heavy atom. The number of carbonyl (C=O) groups is 2. The molecule has 136 valence electrons. The van der Waals surface area contributed by atoms with E-state index < -0.39 is 23.5 Å². The molecule has 2 N–H and O–H groups in total. The van der Waals surface area contributed by atoms with Crippen LogP contribution in [0.25, 0.3) is 0 Å². The predicted molar refractivity (Wildman–Crippen MR) is 102 cm³/mol. The van der Waals surface area contributed by atoms with E-state index in [4.69, 9.17) is 34.8 Å². The molecule has 2 amide bonds. The van der Waals surface area contributed by atoms with Gasteiger partial charge in [-0.1, -0.05) is 41.4 Å². The minimum Gasteiger partial charge on any atom is -0.326 e. The summed E-state index contributed by atoms with van der Waals surface area (Å²) in [6, 6.07) is 8.22. The fraction of sp³-hybridized carbons (Fsp3) is 0.111. The number of benzene rings is 2. The second-order valence-corrected chi connectivity index (χ2v) is 6.67. The van der Waals surface area contributed by atoms with Crippen molar-refractivity contribution in [3.8, 4) is 0 Å². The molecule has 0 saturated carbocycles. The highest BCUT2D eigenvalue weighted by Crippen LogP contribution is 2.23. The van der Waals surface area contributed by atoms with Gasteiger partial charge in [0, 0.05) is 16.9 Å². The summed E-state index contributed by atoms with van der Waals surface area (Å²) in [5.74, 6) is -2.24. The highest BCUT2D eigenvalue weighted by molar-refractivity contribution is 6.42. The van der Waals surface area contributed by atoms with E-state index in [0.717, 1.165) is 6.07 Å². The van der Waals surface area contributed by atoms with Gasteiger partial charge in [0.15, 0.2) is 0 Å². The lowest BCUT2D eigenvalue weighted by molar-refractivity contribution is -0.118. The Labute approximate surface area is 164 Å². The fourth-order valence-electron chi connectivity index (χ4n) is 1.95. The van der Waals surface area contributed by atoms with Gasteiger partial charge < -0.3 is 10.6 Å². The summed E-state index contributed by atoms with van der Waals surface area (Å²) in [5, 5.41) is 5.58. The first-order valence-electron chi connectivity index (χ1n) is 7.40. The first-order chi connectivity index (χ1) is 12.2. The van der Waals surface area contributed by atoms with Gasteiger partial charge in [0.25, 0.3) is 5.91 Å². The van der Waals surface area contributed by atoms with Crippen LogP contribution in [0.1, 0.15) is 17.3 Å². The van der Waals surface area contributed by atoms with Crippen molar-refractivity contribution >= 4 is 52.3 Å². The largest absolute Gasteiger partial charge is 0.326 e. The molecule has 0 aromatic heterocycles. The molecule has 2 rings (SSSR count). The van der Waals surface area contributed by atoms with Crippen LogP contribution in [-0.2, 0) is 4.79 Å². The van der Waals surface area contributed by atoms with Crippen molar-refractivity contribution in [1.82, 2.24) is 5.32 Å². The summed E-state index contributed by atoms with van der Waals surface area (Å²) in [4.78, 5) is 24.5. The van der Waals surface area contributed by atoms with Gasteiger partial charge in [-0.2, -0.15) is 0 Å². The maximum absolute atomic E-state index is 13.2. The second-order valence-electron chi connectivity index (χ2n) is 5.45. The third-order valence-electron chi connectivity index (χ3n) is 3.56. The molecule has 0 saturated heterocycles. The number of halogens is 4. The molecule has 2 aromatic carbocycles. The highest BCUT2D eigenvalue weighted by Gasteiger charge is 2.19. The molecule has 0 aliphatic rings. The van der Waals surface area contributed by atoms with Crippen LogP contribution in [0.4, 0.5) is 10.1 Å². The van der Waals surface area contributed by atoms with E-state index in [-0.39, 0.29) is 21.3 Å². The lowest BCUT2D eigenvalue weighted by atomic mass is 10.1. The van der Waals surface area contributed by atoms with Gasteiger partial charge in [0.2, 0.25) is 5.91 Å². The van der Waals surface area contributed by atoms with Crippen LogP contribution >= 0.6 is 34.8 Å². The smallest absolute Gasteiger partial charge is 0.255 e. The fourth-order valence-corrected chi connectivity index (χ4v) is 2.42. The zero-order chi connectivity index (χ0) is 19.4. The van der Waals surface area contributed by atoms with Gasteiger partial charge in [-0.25, -0.2) is 4.39 Å². The number of nitrogens with one attached hydrogen (secondary N) is 2. The standard InChI is InChI=1S/C18H14Cl3FN2O2/c1-9(17(25)24-12-4-6-16(22)15(21)8-12)10(2)23-18(26)11-3-5-13(19)14(20)7-11/h3-9H,2H2,1H3,(H,23,26)(H,24,25)/t9-/m0/s1. The number of carbonyl (C=O) groups excluding carboxylic acids is 2. The van der Waals surface area contributed by atoms with Crippen molar-refractivity contribution in [1.29, 1.82) is 0 Å². The Balaban J connectivity index is 2.01. The van der Waals surface area contributed by atoms with E-state index in [1.807, 2.05) is 0 Å². The number of hydrogen-bond acceptors (Lipinski definition) is 2. The van der Waals surface area contributed by atoms with E-state index in [1.165, 1.54) is 30.3 Å². The van der Waals surface area contributed by atoms with Gasteiger partial charge in [-0.15, -0.1) is 0 Å². The summed E-state index contributed by atoms with van der Waals surface area (Å²) in [6.45, 7) is 5.28. The van der Waals surface area contributed by atoms with E-state index in [9.17, 15) is 14.0 Å². The number of hydrogen-bond donors (Lipinski definition) is 2. The van der Waals surface area contributed by atoms with E-state index in [2.05, 4.69) is 17.2 Å². The Kier molecular flexibility index (Phi) is 6.64. The monoisotopic (exact) mass is 414 g/mol. The van der Waals surface area contributed by atoms with Gasteiger partial charge in [0.05, 0.1) is 21.0 Å². The summed E-state index contributed by atoms with van der Waals surface area (Å²) in [5.41, 5.74) is 0.794. The van der Waals surface area contributed by atoms with Gasteiger partial charge in [-0.05, 0) is 43.3 Å². The van der Waals surface area contributed by atoms with Gasteiger partial charge in [-0.3, -0.25) is 9.59 Å². The Morgan fingerprint density at radius 2 is 1.73 bits per heavy atom. The van der Waals surface area contributed by atoms with Crippen LogP contribution in [0.2, 0.25) is 15.1 Å². The summed E-state index contributed by atoms with van der Waals surface area (Å²) in [7, 11) is 0. The lowest BCUT2D eigenvalue weighted by Gasteiger charge is -2.16. The zero-order valence-corrected chi connectivity index (χ0v) is 15.8. The summed E-state index contributed by atoms with van der Waals surface area (Å²) < 4.78 is 13.2. The lowest BCUT2D eigenvalue weighted by Crippen LogP contribution is -2.31. The third-order valence-corrected chi connectivity index (χ3v) is 4.59. The van der Waals surface area contributed by atoms with Crippen molar-refractivity contribution in [2.45, 2.75) is 6.92 Å². The summed E-state index contributed by atoms with van der Waals surface area (Å²) in [6.07, 6.45) is 0. The third kappa shape index (κ3) is 4.97. The topological polar surface area (TPSA) is 58.2 Å². The second kappa shape index (κ2) is 8.54. The van der Waals surface area contributed by atoms with Crippen LogP contribution in [0.3, 0.4) is 0 Å². The Bertz CT molecular complexity index is 887. The molecule has 2 aromatic rings. The van der Waals surface area contributed by atoms with Crippen LogP contribution in [0, 0.1) is 11.7 Å². The highest BCUT2D eigenvalue weighted by atomic mass is 35.5. The maximum atomic E-state index is 13.2. The molecule has 0 spiro atoms. The molecule has 0 aliphatic heterocycles. The van der Waals surface area contributed by atoms with Crippen molar-refractivity contribution in [3.63, 3.8) is 0 Å². The van der Waals surface area contributed by atoms with Gasteiger partial charge >= 0.3 is 0 Å². The first kappa shape index (κ1) is 20.2. The quantitative estimate of drug-likeness (QED) is 0.696. The van der Waals surface area contributed by atoms with Crippen LogP contribution in [0.15, 0.2) is 48.7 Å². The molecule has 0 heterocycles. The molecular formula is C18H14Cl3FN2O2.